The van der Waals surface area contributed by atoms with Gasteiger partial charge < -0.3 is 9.30 Å². The van der Waals surface area contributed by atoms with Crippen molar-refractivity contribution in [2.45, 2.75) is 33.2 Å². The molecule has 0 radical (unpaired) electrons. The first-order valence-electron chi connectivity index (χ1n) is 7.08. The molecule has 1 heterocycles. The van der Waals surface area contributed by atoms with Gasteiger partial charge in [0.1, 0.15) is 5.75 Å². The SMILES string of the molecule is CCc1ccc(OCCCn2cc(C)ccc2=O)cc1. The molecule has 0 bridgehead atoms. The van der Waals surface area contributed by atoms with Gasteiger partial charge in [0.25, 0.3) is 5.56 Å². The number of rotatable bonds is 6. The molecular weight excluding hydrogens is 250 g/mol. The molecule has 0 fully saturated rings. The number of pyridine rings is 1. The van der Waals surface area contributed by atoms with Gasteiger partial charge in [-0.15, -0.1) is 0 Å². The minimum atomic E-state index is 0.0444. The largest absolute Gasteiger partial charge is 0.494 e. The molecule has 0 unspecified atom stereocenters. The van der Waals surface area contributed by atoms with Crippen molar-refractivity contribution in [1.82, 2.24) is 4.57 Å². The van der Waals surface area contributed by atoms with Gasteiger partial charge in [0.2, 0.25) is 0 Å². The van der Waals surface area contributed by atoms with Crippen molar-refractivity contribution in [3.63, 3.8) is 0 Å². The molecule has 0 saturated carbocycles. The summed E-state index contributed by atoms with van der Waals surface area (Å²) in [5.41, 5.74) is 2.45. The van der Waals surface area contributed by atoms with E-state index in [9.17, 15) is 4.79 Å². The molecule has 20 heavy (non-hydrogen) atoms. The van der Waals surface area contributed by atoms with Crippen molar-refractivity contribution in [3.8, 4) is 5.75 Å². The van der Waals surface area contributed by atoms with E-state index in [0.717, 1.165) is 24.2 Å². The minimum absolute atomic E-state index is 0.0444. The average molecular weight is 271 g/mol. The summed E-state index contributed by atoms with van der Waals surface area (Å²) in [5.74, 6) is 0.888. The number of hydrogen-bond donors (Lipinski definition) is 0. The van der Waals surface area contributed by atoms with Crippen LogP contribution in [0, 0.1) is 6.92 Å². The molecule has 2 aromatic rings. The molecule has 0 amide bonds. The third kappa shape index (κ3) is 3.98. The van der Waals surface area contributed by atoms with Gasteiger partial charge in [-0.2, -0.15) is 0 Å². The summed E-state index contributed by atoms with van der Waals surface area (Å²) < 4.78 is 7.42. The number of aryl methyl sites for hydroxylation is 3. The molecule has 0 saturated heterocycles. The highest BCUT2D eigenvalue weighted by Crippen LogP contribution is 2.12. The zero-order valence-electron chi connectivity index (χ0n) is 12.1. The van der Waals surface area contributed by atoms with Gasteiger partial charge in [0.15, 0.2) is 0 Å². The maximum Gasteiger partial charge on any atom is 0.250 e. The third-order valence-corrected chi connectivity index (χ3v) is 3.28. The van der Waals surface area contributed by atoms with Gasteiger partial charge >= 0.3 is 0 Å². The zero-order valence-corrected chi connectivity index (χ0v) is 12.1. The lowest BCUT2D eigenvalue weighted by Gasteiger charge is -2.08. The van der Waals surface area contributed by atoms with Crippen molar-refractivity contribution in [1.29, 1.82) is 0 Å². The summed E-state index contributed by atoms with van der Waals surface area (Å²) in [6.45, 7) is 5.43. The van der Waals surface area contributed by atoms with Crippen molar-refractivity contribution in [2.75, 3.05) is 6.61 Å². The van der Waals surface area contributed by atoms with Crippen LogP contribution in [0.15, 0.2) is 47.4 Å². The summed E-state index contributed by atoms with van der Waals surface area (Å²) in [6.07, 6.45) is 3.74. The zero-order chi connectivity index (χ0) is 14.4. The summed E-state index contributed by atoms with van der Waals surface area (Å²) in [4.78, 5) is 11.6. The van der Waals surface area contributed by atoms with E-state index in [1.165, 1.54) is 5.56 Å². The van der Waals surface area contributed by atoms with E-state index in [1.54, 1.807) is 10.6 Å². The first-order chi connectivity index (χ1) is 9.69. The van der Waals surface area contributed by atoms with Crippen LogP contribution in [0.4, 0.5) is 0 Å². The molecule has 1 aromatic heterocycles. The first-order valence-corrected chi connectivity index (χ1v) is 7.08. The van der Waals surface area contributed by atoms with Gasteiger partial charge in [0, 0.05) is 18.8 Å². The Morgan fingerprint density at radius 1 is 1.10 bits per heavy atom. The standard InChI is InChI=1S/C17H21NO2/c1-3-15-6-8-16(9-7-15)20-12-4-11-18-13-14(2)5-10-17(18)19/h5-10,13H,3-4,11-12H2,1-2H3. The van der Waals surface area contributed by atoms with Crippen LogP contribution in [0.3, 0.4) is 0 Å². The molecule has 3 heteroatoms. The Kier molecular flexibility index (Phi) is 4.99. The second kappa shape index (κ2) is 6.94. The fourth-order valence-electron chi connectivity index (χ4n) is 2.07. The van der Waals surface area contributed by atoms with Gasteiger partial charge in [-0.05, 0) is 43.0 Å². The molecule has 1 aromatic carbocycles. The predicted molar refractivity (Wildman–Crippen MR) is 81.4 cm³/mol. The molecule has 0 aliphatic carbocycles. The Balaban J connectivity index is 1.81. The molecule has 0 aliphatic rings. The van der Waals surface area contributed by atoms with Crippen LogP contribution in [0.1, 0.15) is 24.5 Å². The summed E-state index contributed by atoms with van der Waals surface area (Å²) >= 11 is 0. The lowest BCUT2D eigenvalue weighted by Crippen LogP contribution is -2.19. The van der Waals surface area contributed by atoms with E-state index in [1.807, 2.05) is 31.3 Å². The average Bonchev–Trinajstić information content (AvgIpc) is 2.47. The van der Waals surface area contributed by atoms with Crippen LogP contribution in [-0.2, 0) is 13.0 Å². The normalized spacial score (nSPS) is 10.5. The maximum absolute atomic E-state index is 11.6. The number of aromatic nitrogens is 1. The molecular formula is C17H21NO2. The Hall–Kier alpha value is -2.03. The van der Waals surface area contributed by atoms with Crippen LogP contribution in [-0.4, -0.2) is 11.2 Å². The molecule has 0 N–H and O–H groups in total. The van der Waals surface area contributed by atoms with E-state index in [0.29, 0.717) is 13.2 Å². The third-order valence-electron chi connectivity index (χ3n) is 3.28. The number of nitrogens with zero attached hydrogens (tertiary/aromatic N) is 1. The van der Waals surface area contributed by atoms with Gasteiger partial charge in [-0.1, -0.05) is 25.1 Å². The Bertz CT molecular complexity index is 599. The second-order valence-electron chi connectivity index (χ2n) is 4.94. The van der Waals surface area contributed by atoms with Crippen molar-refractivity contribution in [3.05, 3.63) is 64.1 Å². The molecule has 0 spiro atoms. The molecule has 2 rings (SSSR count). The molecule has 106 valence electrons. The highest BCUT2D eigenvalue weighted by molar-refractivity contribution is 5.27. The fourth-order valence-corrected chi connectivity index (χ4v) is 2.07. The van der Waals surface area contributed by atoms with Crippen molar-refractivity contribution in [2.24, 2.45) is 0 Å². The second-order valence-corrected chi connectivity index (χ2v) is 4.94. The van der Waals surface area contributed by atoms with E-state index >= 15 is 0 Å². The maximum atomic E-state index is 11.6. The van der Waals surface area contributed by atoms with E-state index in [4.69, 9.17) is 4.74 Å². The quantitative estimate of drug-likeness (QED) is 0.756. The predicted octanol–water partition coefficient (Wildman–Crippen LogP) is 3.19. The highest BCUT2D eigenvalue weighted by atomic mass is 16.5. The molecule has 0 aliphatic heterocycles. The minimum Gasteiger partial charge on any atom is -0.494 e. The van der Waals surface area contributed by atoms with E-state index in [-0.39, 0.29) is 5.56 Å². The highest BCUT2D eigenvalue weighted by Gasteiger charge is 1.98. The Labute approximate surface area is 119 Å². The fraction of sp³-hybridized carbons (Fsp3) is 0.353. The summed E-state index contributed by atoms with van der Waals surface area (Å²) in [6, 6.07) is 11.6. The number of hydrogen-bond acceptors (Lipinski definition) is 2. The van der Waals surface area contributed by atoms with Gasteiger partial charge in [-0.3, -0.25) is 4.79 Å². The van der Waals surface area contributed by atoms with Crippen LogP contribution < -0.4 is 10.3 Å². The van der Waals surface area contributed by atoms with Crippen LogP contribution >= 0.6 is 0 Å². The topological polar surface area (TPSA) is 31.2 Å². The Morgan fingerprint density at radius 3 is 2.55 bits per heavy atom. The van der Waals surface area contributed by atoms with Gasteiger partial charge in [-0.25, -0.2) is 0 Å². The lowest BCUT2D eigenvalue weighted by molar-refractivity contribution is 0.301. The van der Waals surface area contributed by atoms with Crippen LogP contribution in [0.2, 0.25) is 0 Å². The molecule has 3 nitrogen and oxygen atoms in total. The number of benzene rings is 1. The summed E-state index contributed by atoms with van der Waals surface area (Å²) in [7, 11) is 0. The van der Waals surface area contributed by atoms with E-state index < -0.39 is 0 Å². The number of ether oxygens (including phenoxy) is 1. The van der Waals surface area contributed by atoms with Crippen LogP contribution in [0.5, 0.6) is 5.75 Å². The Morgan fingerprint density at radius 2 is 1.85 bits per heavy atom. The lowest BCUT2D eigenvalue weighted by atomic mass is 10.2. The molecule has 0 atom stereocenters. The monoisotopic (exact) mass is 271 g/mol. The van der Waals surface area contributed by atoms with Crippen molar-refractivity contribution >= 4 is 0 Å². The smallest absolute Gasteiger partial charge is 0.250 e. The van der Waals surface area contributed by atoms with Crippen LogP contribution in [0.25, 0.3) is 0 Å². The summed E-state index contributed by atoms with van der Waals surface area (Å²) in [5, 5.41) is 0. The van der Waals surface area contributed by atoms with Gasteiger partial charge in [0.05, 0.1) is 6.61 Å². The first kappa shape index (κ1) is 14.4. The van der Waals surface area contributed by atoms with Crippen molar-refractivity contribution < 1.29 is 4.74 Å². The van der Waals surface area contributed by atoms with E-state index in [2.05, 4.69) is 19.1 Å².